The van der Waals surface area contributed by atoms with Crippen LogP contribution in [0.2, 0.25) is 5.02 Å². The number of aromatic nitrogens is 1. The second-order valence-electron chi connectivity index (χ2n) is 9.36. The van der Waals surface area contributed by atoms with Gasteiger partial charge in [0.15, 0.2) is 0 Å². The molecule has 0 bridgehead atoms. The minimum atomic E-state index is -0.0700. The quantitative estimate of drug-likeness (QED) is 0.421. The zero-order valence-electron chi connectivity index (χ0n) is 18.7. The molecule has 0 radical (unpaired) electrons. The lowest BCUT2D eigenvalue weighted by Gasteiger charge is -2.13. The third kappa shape index (κ3) is 5.36. The van der Waals surface area contributed by atoms with Crippen molar-refractivity contribution in [3.05, 3.63) is 64.3 Å². The van der Waals surface area contributed by atoms with Gasteiger partial charge in [0.1, 0.15) is 17.3 Å². The van der Waals surface area contributed by atoms with Crippen molar-refractivity contribution < 1.29 is 14.3 Å². The molecule has 0 aliphatic heterocycles. The summed E-state index contributed by atoms with van der Waals surface area (Å²) in [5, 5.41) is 4.32. The summed E-state index contributed by atoms with van der Waals surface area (Å²) in [5.74, 6) is 2.53. The van der Waals surface area contributed by atoms with Crippen LogP contribution in [0.15, 0.2) is 42.6 Å². The summed E-state index contributed by atoms with van der Waals surface area (Å²) >= 11 is 6.47. The minimum absolute atomic E-state index is 0.0700. The Kier molecular flexibility index (Phi) is 6.07. The van der Waals surface area contributed by atoms with E-state index in [-0.39, 0.29) is 11.7 Å². The molecule has 6 heteroatoms. The summed E-state index contributed by atoms with van der Waals surface area (Å²) in [7, 11) is 0. The lowest BCUT2D eigenvalue weighted by molar-refractivity contribution is -0.118. The second-order valence-corrected chi connectivity index (χ2v) is 9.77. The molecule has 3 aromatic rings. The van der Waals surface area contributed by atoms with Crippen molar-refractivity contribution in [1.29, 1.82) is 0 Å². The molecule has 33 heavy (non-hydrogen) atoms. The minimum Gasteiger partial charge on any atom is -0.457 e. The van der Waals surface area contributed by atoms with Gasteiger partial charge in [-0.25, -0.2) is 0 Å². The number of hydrogen-bond donors (Lipinski definition) is 1. The van der Waals surface area contributed by atoms with Crippen LogP contribution in [0.4, 0.5) is 0 Å². The molecule has 1 amide bonds. The van der Waals surface area contributed by atoms with Crippen LogP contribution in [0.1, 0.15) is 53.6 Å². The highest BCUT2D eigenvalue weighted by Crippen LogP contribution is 2.35. The SMILES string of the molecule is Cc1cc2nccc(Oc3ccc(CC(=O)CC4CC4)c(Cl)c3)c2cc1C(=O)NCC1CC1. The van der Waals surface area contributed by atoms with Crippen LogP contribution in [0, 0.1) is 18.8 Å². The highest BCUT2D eigenvalue weighted by atomic mass is 35.5. The zero-order valence-corrected chi connectivity index (χ0v) is 19.5. The number of carbonyl (C=O) groups is 2. The van der Waals surface area contributed by atoms with Crippen LogP contribution in [0.5, 0.6) is 11.5 Å². The normalized spacial score (nSPS) is 15.5. The highest BCUT2D eigenvalue weighted by Gasteiger charge is 2.25. The van der Waals surface area contributed by atoms with Crippen LogP contribution < -0.4 is 10.1 Å². The predicted molar refractivity (Wildman–Crippen MR) is 129 cm³/mol. The van der Waals surface area contributed by atoms with Gasteiger partial charge in [-0.1, -0.05) is 17.7 Å². The fraction of sp³-hybridized carbons (Fsp3) is 0.370. The maximum atomic E-state index is 12.7. The Morgan fingerprint density at radius 3 is 2.61 bits per heavy atom. The fourth-order valence-electron chi connectivity index (χ4n) is 4.05. The van der Waals surface area contributed by atoms with Gasteiger partial charge in [-0.15, -0.1) is 0 Å². The van der Waals surface area contributed by atoms with Gasteiger partial charge in [0.2, 0.25) is 0 Å². The van der Waals surface area contributed by atoms with E-state index in [0.717, 1.165) is 41.4 Å². The maximum Gasteiger partial charge on any atom is 0.251 e. The number of fused-ring (bicyclic) bond motifs is 1. The first-order valence-electron chi connectivity index (χ1n) is 11.6. The molecule has 1 N–H and O–H groups in total. The van der Waals surface area contributed by atoms with Crippen LogP contribution >= 0.6 is 11.6 Å². The highest BCUT2D eigenvalue weighted by molar-refractivity contribution is 6.31. The monoisotopic (exact) mass is 462 g/mol. The Labute approximate surface area is 198 Å². The molecule has 2 saturated carbocycles. The average molecular weight is 463 g/mol. The molecular weight excluding hydrogens is 436 g/mol. The first-order valence-corrected chi connectivity index (χ1v) is 12.0. The number of hydrogen-bond acceptors (Lipinski definition) is 4. The molecule has 0 unspecified atom stereocenters. The molecule has 2 aliphatic carbocycles. The molecule has 1 heterocycles. The number of nitrogens with one attached hydrogen (secondary N) is 1. The molecule has 5 nitrogen and oxygen atoms in total. The predicted octanol–water partition coefficient (Wildman–Crippen LogP) is 6.04. The molecule has 0 spiro atoms. The van der Waals surface area contributed by atoms with E-state index < -0.39 is 0 Å². The van der Waals surface area contributed by atoms with E-state index in [1.807, 2.05) is 31.2 Å². The third-order valence-electron chi connectivity index (χ3n) is 6.39. The number of halogens is 1. The summed E-state index contributed by atoms with van der Waals surface area (Å²) in [5.41, 5.74) is 3.09. The van der Waals surface area contributed by atoms with Crippen molar-refractivity contribution in [3.63, 3.8) is 0 Å². The second kappa shape index (κ2) is 9.14. The van der Waals surface area contributed by atoms with Gasteiger partial charge in [0.25, 0.3) is 5.91 Å². The third-order valence-corrected chi connectivity index (χ3v) is 6.75. The summed E-state index contributed by atoms with van der Waals surface area (Å²) in [4.78, 5) is 29.4. The Morgan fingerprint density at radius 2 is 1.88 bits per heavy atom. The topological polar surface area (TPSA) is 68.3 Å². The van der Waals surface area contributed by atoms with Gasteiger partial charge in [0.05, 0.1) is 5.52 Å². The lowest BCUT2D eigenvalue weighted by atomic mass is 10.0. The van der Waals surface area contributed by atoms with Gasteiger partial charge in [0, 0.05) is 41.6 Å². The van der Waals surface area contributed by atoms with Gasteiger partial charge < -0.3 is 10.1 Å². The van der Waals surface area contributed by atoms with Crippen molar-refractivity contribution in [2.24, 2.45) is 11.8 Å². The Balaban J connectivity index is 1.36. The first-order chi connectivity index (χ1) is 16.0. The number of nitrogens with zero attached hydrogens (tertiary/aromatic N) is 1. The fourth-order valence-corrected chi connectivity index (χ4v) is 4.29. The number of carbonyl (C=O) groups excluding carboxylic acids is 2. The molecular formula is C27H27ClN2O3. The molecule has 1 aromatic heterocycles. The largest absolute Gasteiger partial charge is 0.457 e. The van der Waals surface area contributed by atoms with Gasteiger partial charge in [-0.05, 0) is 85.9 Å². The molecule has 0 saturated heterocycles. The van der Waals surface area contributed by atoms with Crippen LogP contribution in [0.3, 0.4) is 0 Å². The van der Waals surface area contributed by atoms with Crippen LogP contribution in [0.25, 0.3) is 10.9 Å². The van der Waals surface area contributed by atoms with Crippen LogP contribution in [-0.2, 0) is 11.2 Å². The number of pyridine rings is 1. The zero-order chi connectivity index (χ0) is 22.9. The molecule has 2 aromatic carbocycles. The molecule has 2 aliphatic rings. The Bertz CT molecular complexity index is 1230. The van der Waals surface area contributed by atoms with Crippen LogP contribution in [-0.4, -0.2) is 23.2 Å². The van der Waals surface area contributed by atoms with Crippen molar-refractivity contribution in [2.75, 3.05) is 6.54 Å². The summed E-state index contributed by atoms with van der Waals surface area (Å²) in [6, 6.07) is 11.0. The van der Waals surface area contributed by atoms with Crippen molar-refractivity contribution in [2.45, 2.75) is 45.4 Å². The number of ketones is 1. The molecule has 0 atom stereocenters. The Morgan fingerprint density at radius 1 is 1.09 bits per heavy atom. The summed E-state index contributed by atoms with van der Waals surface area (Å²) < 4.78 is 6.15. The van der Waals surface area contributed by atoms with E-state index in [0.29, 0.717) is 46.8 Å². The standard InChI is InChI=1S/C27H27ClN2O3/c1-16-10-25-23(14-22(16)27(32)30-15-18-4-5-18)26(8-9-29-25)33-21-7-6-19(24(28)13-21)12-20(31)11-17-2-3-17/h6-10,13-14,17-18H,2-5,11-12,15H2,1H3,(H,30,32). The van der Waals surface area contributed by atoms with Crippen molar-refractivity contribution in [1.82, 2.24) is 10.3 Å². The van der Waals surface area contributed by atoms with Gasteiger partial charge >= 0.3 is 0 Å². The van der Waals surface area contributed by atoms with E-state index in [9.17, 15) is 9.59 Å². The smallest absolute Gasteiger partial charge is 0.251 e. The summed E-state index contributed by atoms with van der Waals surface area (Å²) in [6.07, 6.45) is 7.39. The first kappa shape index (κ1) is 21.9. The Hall–Kier alpha value is -2.92. The van der Waals surface area contributed by atoms with Gasteiger partial charge in [-0.3, -0.25) is 14.6 Å². The van der Waals surface area contributed by atoms with E-state index in [2.05, 4.69) is 10.3 Å². The number of Topliss-reactive ketones (excluding diaryl/α,β-unsaturated/α-hetero) is 1. The van der Waals surface area contributed by atoms with E-state index in [1.165, 1.54) is 12.8 Å². The maximum absolute atomic E-state index is 12.7. The number of amides is 1. The van der Waals surface area contributed by atoms with Crippen molar-refractivity contribution in [3.8, 4) is 11.5 Å². The lowest BCUT2D eigenvalue weighted by Crippen LogP contribution is -2.26. The van der Waals surface area contributed by atoms with Gasteiger partial charge in [-0.2, -0.15) is 0 Å². The number of rotatable bonds is 9. The number of aryl methyl sites for hydroxylation is 1. The van der Waals surface area contributed by atoms with E-state index in [1.54, 1.807) is 18.3 Å². The number of ether oxygens (including phenoxy) is 1. The van der Waals surface area contributed by atoms with E-state index >= 15 is 0 Å². The summed E-state index contributed by atoms with van der Waals surface area (Å²) in [6.45, 7) is 2.64. The average Bonchev–Trinajstić information content (AvgIpc) is 3.70. The molecule has 2 fully saturated rings. The van der Waals surface area contributed by atoms with E-state index in [4.69, 9.17) is 16.3 Å². The van der Waals surface area contributed by atoms with Crippen molar-refractivity contribution >= 4 is 34.2 Å². The molecule has 5 rings (SSSR count). The number of benzene rings is 2. The molecule has 170 valence electrons.